The van der Waals surface area contributed by atoms with Crippen molar-refractivity contribution in [2.45, 2.75) is 24.4 Å². The zero-order valence-electron chi connectivity index (χ0n) is 14.4. The Labute approximate surface area is 162 Å². The van der Waals surface area contributed by atoms with Gasteiger partial charge in [0.25, 0.3) is 0 Å². The number of aromatic nitrogens is 4. The number of hydrogen-bond acceptors (Lipinski definition) is 5. The number of anilines is 1. The Morgan fingerprint density at radius 2 is 1.77 bits per heavy atom. The molecule has 7 heteroatoms. The van der Waals surface area contributed by atoms with Gasteiger partial charge in [-0.2, -0.15) is 0 Å². The van der Waals surface area contributed by atoms with Crippen molar-refractivity contribution in [3.05, 3.63) is 59.4 Å². The van der Waals surface area contributed by atoms with Crippen molar-refractivity contribution in [2.24, 2.45) is 0 Å². The molecule has 134 valence electrons. The number of hydrogen-bond donors (Lipinski definition) is 0. The van der Waals surface area contributed by atoms with E-state index in [-0.39, 0.29) is 0 Å². The third-order valence-electron chi connectivity index (χ3n) is 4.47. The molecule has 5 nitrogen and oxygen atoms in total. The number of para-hydroxylation sites is 1. The first-order valence-corrected chi connectivity index (χ1v) is 10.2. The molecule has 0 N–H and O–H groups in total. The van der Waals surface area contributed by atoms with Gasteiger partial charge in [0.2, 0.25) is 5.95 Å². The summed E-state index contributed by atoms with van der Waals surface area (Å²) in [7, 11) is 0. The summed E-state index contributed by atoms with van der Waals surface area (Å²) in [4.78, 5) is 6.36. The molecule has 0 spiro atoms. The molecule has 3 heterocycles. The minimum absolute atomic E-state index is 0.712. The van der Waals surface area contributed by atoms with Gasteiger partial charge in [0.15, 0.2) is 5.16 Å². The van der Waals surface area contributed by atoms with Gasteiger partial charge in [-0.1, -0.05) is 35.5 Å². The molecule has 1 aliphatic rings. The Balaban J connectivity index is 1.60. The molecule has 0 atom stereocenters. The number of rotatable bonds is 6. The lowest BCUT2D eigenvalue weighted by atomic mass is 10.2. The van der Waals surface area contributed by atoms with E-state index in [9.17, 15) is 0 Å². The van der Waals surface area contributed by atoms with Crippen LogP contribution in [-0.2, 0) is 6.42 Å². The number of halogens is 1. The predicted octanol–water partition coefficient (Wildman–Crippen LogP) is 4.25. The minimum Gasteiger partial charge on any atom is -0.341 e. The summed E-state index contributed by atoms with van der Waals surface area (Å²) >= 11 is 8.19. The Bertz CT molecular complexity index is 861. The molecule has 3 aromatic rings. The Kier molecular flexibility index (Phi) is 5.41. The van der Waals surface area contributed by atoms with Crippen molar-refractivity contribution >= 4 is 29.3 Å². The van der Waals surface area contributed by atoms with E-state index in [4.69, 9.17) is 11.6 Å². The standard InChI is InChI=1S/C19H20ClN5S/c20-16-5-1-2-6-17(16)25-18(24-12-3-4-13-24)22-23-19(25)26-14-9-15-7-10-21-11-8-15/h1-2,5-8,10-11H,3-4,9,12-14H2. The molecule has 0 radical (unpaired) electrons. The third kappa shape index (κ3) is 3.71. The summed E-state index contributed by atoms with van der Waals surface area (Å²) in [6, 6.07) is 12.0. The summed E-state index contributed by atoms with van der Waals surface area (Å²) in [5, 5.41) is 10.6. The molecule has 1 aromatic carbocycles. The molecule has 26 heavy (non-hydrogen) atoms. The van der Waals surface area contributed by atoms with Gasteiger partial charge in [0, 0.05) is 31.2 Å². The summed E-state index contributed by atoms with van der Waals surface area (Å²) in [5.41, 5.74) is 2.21. The van der Waals surface area contributed by atoms with E-state index in [1.807, 2.05) is 36.7 Å². The second kappa shape index (κ2) is 8.10. The SMILES string of the molecule is Clc1ccccc1-n1c(SCCc2ccncc2)nnc1N1CCCC1. The molecule has 2 aromatic heterocycles. The predicted molar refractivity (Wildman–Crippen MR) is 106 cm³/mol. The molecule has 0 aliphatic carbocycles. The fourth-order valence-electron chi connectivity index (χ4n) is 3.13. The minimum atomic E-state index is 0.712. The fourth-order valence-corrected chi connectivity index (χ4v) is 4.28. The number of aryl methyl sites for hydroxylation is 1. The molecular weight excluding hydrogens is 366 g/mol. The van der Waals surface area contributed by atoms with Crippen LogP contribution in [0, 0.1) is 0 Å². The Morgan fingerprint density at radius 1 is 1.00 bits per heavy atom. The van der Waals surface area contributed by atoms with Crippen LogP contribution in [0.15, 0.2) is 53.9 Å². The van der Waals surface area contributed by atoms with Gasteiger partial charge in [0.1, 0.15) is 0 Å². The topological polar surface area (TPSA) is 46.8 Å². The van der Waals surface area contributed by atoms with Crippen molar-refractivity contribution in [3.63, 3.8) is 0 Å². The first-order valence-electron chi connectivity index (χ1n) is 8.80. The number of nitrogens with zero attached hydrogens (tertiary/aromatic N) is 5. The van der Waals surface area contributed by atoms with E-state index in [0.29, 0.717) is 5.02 Å². The average Bonchev–Trinajstić information content (AvgIpc) is 3.33. The van der Waals surface area contributed by atoms with E-state index in [1.165, 1.54) is 18.4 Å². The van der Waals surface area contributed by atoms with Crippen LogP contribution in [0.25, 0.3) is 5.69 Å². The van der Waals surface area contributed by atoms with Crippen molar-refractivity contribution < 1.29 is 0 Å². The molecule has 0 amide bonds. The Hall–Kier alpha value is -2.05. The summed E-state index contributed by atoms with van der Waals surface area (Å²) in [6.07, 6.45) is 7.01. The van der Waals surface area contributed by atoms with E-state index in [0.717, 1.165) is 42.1 Å². The number of pyridine rings is 1. The molecule has 1 saturated heterocycles. The molecule has 0 saturated carbocycles. The van der Waals surface area contributed by atoms with Gasteiger partial charge in [-0.25, -0.2) is 0 Å². The van der Waals surface area contributed by atoms with Crippen LogP contribution >= 0.6 is 23.4 Å². The molecule has 1 fully saturated rings. The first-order chi connectivity index (χ1) is 12.8. The zero-order valence-corrected chi connectivity index (χ0v) is 16.0. The molecule has 1 aliphatic heterocycles. The van der Waals surface area contributed by atoms with Gasteiger partial charge >= 0.3 is 0 Å². The summed E-state index contributed by atoms with van der Waals surface area (Å²) in [6.45, 7) is 2.04. The van der Waals surface area contributed by atoms with Crippen LogP contribution < -0.4 is 4.90 Å². The van der Waals surface area contributed by atoms with Gasteiger partial charge in [-0.3, -0.25) is 9.55 Å². The van der Waals surface area contributed by atoms with Gasteiger partial charge < -0.3 is 4.90 Å². The van der Waals surface area contributed by atoms with Crippen LogP contribution in [-0.4, -0.2) is 38.6 Å². The van der Waals surface area contributed by atoms with Crippen molar-refractivity contribution in [1.82, 2.24) is 19.7 Å². The second-order valence-corrected chi connectivity index (χ2v) is 7.69. The highest BCUT2D eigenvalue weighted by atomic mass is 35.5. The van der Waals surface area contributed by atoms with Gasteiger partial charge in [-0.05, 0) is 49.1 Å². The average molecular weight is 386 g/mol. The quantitative estimate of drug-likeness (QED) is 0.593. The monoisotopic (exact) mass is 385 g/mol. The van der Waals surface area contributed by atoms with Crippen LogP contribution in [0.4, 0.5) is 5.95 Å². The highest BCUT2D eigenvalue weighted by Crippen LogP contribution is 2.32. The van der Waals surface area contributed by atoms with Crippen molar-refractivity contribution in [2.75, 3.05) is 23.7 Å². The first kappa shape index (κ1) is 17.4. The van der Waals surface area contributed by atoms with Crippen molar-refractivity contribution in [1.29, 1.82) is 0 Å². The second-order valence-electron chi connectivity index (χ2n) is 6.22. The lowest BCUT2D eigenvalue weighted by molar-refractivity contribution is 0.841. The summed E-state index contributed by atoms with van der Waals surface area (Å²) in [5.74, 6) is 1.81. The highest BCUT2D eigenvalue weighted by molar-refractivity contribution is 7.99. The molecule has 4 rings (SSSR count). The Morgan fingerprint density at radius 3 is 2.54 bits per heavy atom. The maximum absolute atomic E-state index is 6.49. The lowest BCUT2D eigenvalue weighted by Crippen LogP contribution is -2.22. The molecule has 0 unspecified atom stereocenters. The van der Waals surface area contributed by atoms with Gasteiger partial charge in [-0.15, -0.1) is 10.2 Å². The van der Waals surface area contributed by atoms with Crippen LogP contribution in [0.3, 0.4) is 0 Å². The number of benzene rings is 1. The van der Waals surface area contributed by atoms with Crippen LogP contribution in [0.5, 0.6) is 0 Å². The van der Waals surface area contributed by atoms with Crippen LogP contribution in [0.1, 0.15) is 18.4 Å². The van der Waals surface area contributed by atoms with Crippen LogP contribution in [0.2, 0.25) is 5.02 Å². The maximum Gasteiger partial charge on any atom is 0.232 e. The molecule has 0 bridgehead atoms. The highest BCUT2D eigenvalue weighted by Gasteiger charge is 2.23. The van der Waals surface area contributed by atoms with E-state index in [1.54, 1.807) is 11.8 Å². The van der Waals surface area contributed by atoms with Gasteiger partial charge in [0.05, 0.1) is 10.7 Å². The normalized spacial score (nSPS) is 14.1. The fraction of sp³-hybridized carbons (Fsp3) is 0.316. The zero-order chi connectivity index (χ0) is 17.8. The lowest BCUT2D eigenvalue weighted by Gasteiger charge is -2.19. The van der Waals surface area contributed by atoms with Crippen molar-refractivity contribution in [3.8, 4) is 5.69 Å². The summed E-state index contributed by atoms with van der Waals surface area (Å²) < 4.78 is 2.10. The van der Waals surface area contributed by atoms with E-state index >= 15 is 0 Å². The molecular formula is C19H20ClN5S. The van der Waals surface area contributed by atoms with E-state index < -0.39 is 0 Å². The smallest absolute Gasteiger partial charge is 0.232 e. The number of thioether (sulfide) groups is 1. The maximum atomic E-state index is 6.49. The van der Waals surface area contributed by atoms with E-state index in [2.05, 4.69) is 36.8 Å². The largest absolute Gasteiger partial charge is 0.341 e. The third-order valence-corrected chi connectivity index (χ3v) is 5.72.